The zero-order valence-electron chi connectivity index (χ0n) is 22.4. The van der Waals surface area contributed by atoms with Crippen LogP contribution in [-0.4, -0.2) is 36.4 Å². The van der Waals surface area contributed by atoms with Crippen LogP contribution >= 0.6 is 27.5 Å². The van der Waals surface area contributed by atoms with E-state index in [1.54, 1.807) is 48.5 Å². The predicted molar refractivity (Wildman–Crippen MR) is 166 cm³/mol. The monoisotopic (exact) mass is 652 g/mol. The summed E-state index contributed by atoms with van der Waals surface area (Å²) in [4.78, 5) is 46.2. The van der Waals surface area contributed by atoms with Crippen molar-refractivity contribution in [1.82, 2.24) is 0 Å². The van der Waals surface area contributed by atoms with Gasteiger partial charge >= 0.3 is 0 Å². The third kappa shape index (κ3) is 3.69. The van der Waals surface area contributed by atoms with Gasteiger partial charge in [-0.3, -0.25) is 14.4 Å². The van der Waals surface area contributed by atoms with Gasteiger partial charge in [0.2, 0.25) is 12.7 Å². The molecule has 8 rings (SSSR count). The van der Waals surface area contributed by atoms with Crippen molar-refractivity contribution in [1.29, 1.82) is 0 Å². The number of carbonyl (C=O) groups excluding carboxylic acids is 3. The Morgan fingerprint density at radius 3 is 2.51 bits per heavy atom. The fourth-order valence-corrected chi connectivity index (χ4v) is 7.61. The molecule has 1 spiro atoms. The largest absolute Gasteiger partial charge is 0.454 e. The molecule has 4 aliphatic heterocycles. The van der Waals surface area contributed by atoms with Crippen molar-refractivity contribution < 1.29 is 23.9 Å². The lowest BCUT2D eigenvalue weighted by atomic mass is 9.63. The first kappa shape index (κ1) is 26.2. The zero-order chi connectivity index (χ0) is 29.5. The number of para-hydroxylation sites is 1. The fourth-order valence-electron chi connectivity index (χ4n) is 7.17. The van der Waals surface area contributed by atoms with E-state index in [4.69, 9.17) is 21.1 Å². The lowest BCUT2D eigenvalue weighted by Crippen LogP contribution is -2.55. The molecule has 0 bridgehead atoms. The van der Waals surface area contributed by atoms with Crippen LogP contribution < -0.4 is 19.7 Å². The second kappa shape index (κ2) is 9.56. The van der Waals surface area contributed by atoms with E-state index in [1.807, 2.05) is 53.5 Å². The Balaban J connectivity index is 1.41. The van der Waals surface area contributed by atoms with Crippen LogP contribution in [0.4, 0.5) is 11.4 Å². The van der Waals surface area contributed by atoms with Crippen molar-refractivity contribution in [2.75, 3.05) is 17.0 Å². The van der Waals surface area contributed by atoms with Gasteiger partial charge in [0.05, 0.1) is 12.0 Å². The van der Waals surface area contributed by atoms with Crippen molar-refractivity contribution in [2.24, 2.45) is 5.92 Å². The number of benzene rings is 4. The average Bonchev–Trinajstić information content (AvgIpc) is 3.69. The van der Waals surface area contributed by atoms with E-state index >= 15 is 0 Å². The molecule has 4 atom stereocenters. The maximum atomic E-state index is 14.9. The molecule has 1 N–H and O–H groups in total. The molecule has 9 heteroatoms. The number of fused-ring (bicyclic) bond motifs is 6. The Labute approximate surface area is 260 Å². The number of anilines is 2. The predicted octanol–water partition coefficient (Wildman–Crippen LogP) is 6.69. The summed E-state index contributed by atoms with van der Waals surface area (Å²) in [6.07, 6.45) is 3.83. The summed E-state index contributed by atoms with van der Waals surface area (Å²) in [7, 11) is 0. The number of hydrogen-bond donors (Lipinski definition) is 1. The van der Waals surface area contributed by atoms with Gasteiger partial charge in [-0.25, -0.2) is 0 Å². The number of hydrogen-bond acceptors (Lipinski definition) is 6. The molecule has 0 aromatic heterocycles. The van der Waals surface area contributed by atoms with E-state index in [0.29, 0.717) is 38.9 Å². The van der Waals surface area contributed by atoms with Crippen molar-refractivity contribution >= 4 is 62.5 Å². The smallest absolute Gasteiger partial charge is 0.238 e. The third-order valence-corrected chi connectivity index (χ3v) is 9.68. The quantitative estimate of drug-likeness (QED) is 0.247. The van der Waals surface area contributed by atoms with Gasteiger partial charge in [-0.2, -0.15) is 0 Å². The summed E-state index contributed by atoms with van der Waals surface area (Å²) in [6, 6.07) is 23.2. The van der Waals surface area contributed by atoms with Gasteiger partial charge in [0.25, 0.3) is 0 Å². The average molecular weight is 654 g/mol. The van der Waals surface area contributed by atoms with Crippen LogP contribution in [0.3, 0.4) is 0 Å². The molecule has 4 aromatic carbocycles. The summed E-state index contributed by atoms with van der Waals surface area (Å²) in [6.45, 7) is 0.0678. The number of Topliss-reactive ketones (excluding diaryl/α,β-unsaturated/α-hetero) is 2. The maximum Gasteiger partial charge on any atom is 0.238 e. The van der Waals surface area contributed by atoms with E-state index < -0.39 is 23.4 Å². The first-order valence-corrected chi connectivity index (χ1v) is 15.0. The van der Waals surface area contributed by atoms with Crippen LogP contribution in [0, 0.1) is 5.92 Å². The Morgan fingerprint density at radius 2 is 1.67 bits per heavy atom. The third-order valence-electron chi connectivity index (χ3n) is 8.92. The summed E-state index contributed by atoms with van der Waals surface area (Å²) >= 11 is 9.84. The Bertz CT molecular complexity index is 1910. The number of nitrogens with zero attached hydrogens (tertiary/aromatic N) is 1. The minimum atomic E-state index is -1.55. The maximum absolute atomic E-state index is 14.9. The standard InChI is InChI=1S/C34H22BrClN2O5/c35-21-9-5-18(6-10-21)31(40)32-34(23-3-1-2-4-24(23)37-33(34)41)29(30(39)20-8-14-27-28(16-20)43-17-42-27)26-12-7-19-15-22(36)11-13-25(19)38(26)32/h1-16,26,29,32H,17H2,(H,37,41)/t26?,29-,32+,34+/m1/s1. The summed E-state index contributed by atoms with van der Waals surface area (Å²) in [5, 5.41) is 3.57. The summed E-state index contributed by atoms with van der Waals surface area (Å²) in [5.41, 5.74) is 1.99. The Kier molecular flexibility index (Phi) is 5.83. The second-order valence-corrected chi connectivity index (χ2v) is 12.4. The summed E-state index contributed by atoms with van der Waals surface area (Å²) < 4.78 is 11.9. The van der Waals surface area contributed by atoms with Gasteiger partial charge < -0.3 is 19.7 Å². The van der Waals surface area contributed by atoms with E-state index in [2.05, 4.69) is 21.2 Å². The molecular formula is C34H22BrClN2O5. The molecule has 0 saturated carbocycles. The number of ether oxygens (including phenoxy) is 2. The van der Waals surface area contributed by atoms with E-state index in [1.165, 1.54) is 0 Å². The number of ketones is 2. The van der Waals surface area contributed by atoms with Crippen molar-refractivity contribution in [3.8, 4) is 11.5 Å². The number of amides is 1. The molecule has 4 aliphatic rings. The first-order chi connectivity index (χ1) is 20.9. The number of rotatable bonds is 4. The van der Waals surface area contributed by atoms with Gasteiger partial charge in [-0.1, -0.05) is 70.0 Å². The molecule has 1 saturated heterocycles. The Hall–Kier alpha value is -4.40. The molecule has 4 heterocycles. The van der Waals surface area contributed by atoms with Gasteiger partial charge in [0, 0.05) is 32.0 Å². The van der Waals surface area contributed by atoms with Crippen LogP contribution in [0.5, 0.6) is 11.5 Å². The number of carbonyl (C=O) groups is 3. The molecule has 43 heavy (non-hydrogen) atoms. The van der Waals surface area contributed by atoms with Crippen molar-refractivity contribution in [3.63, 3.8) is 0 Å². The van der Waals surface area contributed by atoms with E-state index in [9.17, 15) is 14.4 Å². The highest BCUT2D eigenvalue weighted by molar-refractivity contribution is 9.10. The van der Waals surface area contributed by atoms with Crippen LogP contribution in [0.2, 0.25) is 5.02 Å². The molecule has 0 radical (unpaired) electrons. The van der Waals surface area contributed by atoms with Gasteiger partial charge in [0.15, 0.2) is 23.1 Å². The molecule has 1 unspecified atom stereocenters. The molecule has 0 aliphatic carbocycles. The van der Waals surface area contributed by atoms with Gasteiger partial charge in [-0.05, 0) is 65.7 Å². The van der Waals surface area contributed by atoms with E-state index in [0.717, 1.165) is 15.7 Å². The minimum Gasteiger partial charge on any atom is -0.454 e. The number of nitrogens with one attached hydrogen (secondary N) is 1. The second-order valence-electron chi connectivity index (χ2n) is 11.0. The van der Waals surface area contributed by atoms with E-state index in [-0.39, 0.29) is 24.3 Å². The normalized spacial score (nSPS) is 24.0. The topological polar surface area (TPSA) is 84.9 Å². The van der Waals surface area contributed by atoms with Crippen LogP contribution in [-0.2, 0) is 10.2 Å². The molecule has 1 amide bonds. The highest BCUT2D eigenvalue weighted by atomic mass is 79.9. The molecule has 4 aromatic rings. The van der Waals surface area contributed by atoms with Gasteiger partial charge in [-0.15, -0.1) is 0 Å². The minimum absolute atomic E-state index is 0.0678. The first-order valence-electron chi connectivity index (χ1n) is 13.8. The zero-order valence-corrected chi connectivity index (χ0v) is 24.8. The Morgan fingerprint density at radius 1 is 0.907 bits per heavy atom. The highest BCUT2D eigenvalue weighted by Crippen LogP contribution is 2.58. The fraction of sp³-hybridized carbons (Fsp3) is 0.147. The van der Waals surface area contributed by atoms with Gasteiger partial charge in [0.1, 0.15) is 11.5 Å². The van der Waals surface area contributed by atoms with Crippen LogP contribution in [0.15, 0.2) is 95.5 Å². The SMILES string of the molecule is O=C(c1ccc(Br)cc1)[C@@H]1N2c3ccc(Cl)cc3C=CC2[C@H](C(=O)c2ccc3c(c2)OCO3)[C@]12C(=O)Nc1ccccc12. The summed E-state index contributed by atoms with van der Waals surface area (Å²) in [5.74, 6) is -0.861. The molecule has 212 valence electrons. The highest BCUT2D eigenvalue weighted by Gasteiger charge is 2.71. The molecule has 1 fully saturated rings. The molecule has 7 nitrogen and oxygen atoms in total. The van der Waals surface area contributed by atoms with Crippen molar-refractivity contribution in [2.45, 2.75) is 17.5 Å². The molecular weight excluding hydrogens is 632 g/mol. The van der Waals surface area contributed by atoms with Crippen LogP contribution in [0.25, 0.3) is 6.08 Å². The lowest BCUT2D eigenvalue weighted by molar-refractivity contribution is -0.121. The van der Waals surface area contributed by atoms with Crippen molar-refractivity contribution in [3.05, 3.63) is 123 Å². The lowest BCUT2D eigenvalue weighted by Gasteiger charge is -2.37. The van der Waals surface area contributed by atoms with Crippen LogP contribution in [0.1, 0.15) is 31.8 Å². The number of halogens is 2.